The molecule has 0 spiro atoms. The van der Waals surface area contributed by atoms with E-state index in [0.717, 1.165) is 12.1 Å². The molecule has 0 bridgehead atoms. The van der Waals surface area contributed by atoms with Crippen LogP contribution in [0.5, 0.6) is 0 Å². The number of halogens is 3. The highest BCUT2D eigenvalue weighted by atomic mass is 31.2. The summed E-state index contributed by atoms with van der Waals surface area (Å²) in [5, 5.41) is 13.8. The number of carbonyl (C=O) groups is 1. The number of alkyl halides is 3. The Morgan fingerprint density at radius 1 is 1.22 bits per heavy atom. The molecule has 0 fully saturated rings. The van der Waals surface area contributed by atoms with E-state index in [-0.39, 0.29) is 30.1 Å². The summed E-state index contributed by atoms with van der Waals surface area (Å²) in [6.07, 6.45) is -3.04. The summed E-state index contributed by atoms with van der Waals surface area (Å²) in [7, 11) is -4.34. The molecule has 222 valence electrons. The van der Waals surface area contributed by atoms with Crippen molar-refractivity contribution in [2.24, 2.45) is 0 Å². The predicted molar refractivity (Wildman–Crippen MR) is 144 cm³/mol. The molecule has 2 aromatic heterocycles. The lowest BCUT2D eigenvalue weighted by Gasteiger charge is -2.34. The molecular weight excluding hydrogens is 564 g/mol. The zero-order valence-corrected chi connectivity index (χ0v) is 23.9. The van der Waals surface area contributed by atoms with Crippen LogP contribution < -0.4 is 15.9 Å². The van der Waals surface area contributed by atoms with Crippen LogP contribution in [0.15, 0.2) is 36.9 Å². The number of anilines is 1. The fraction of sp³-hybridized carbons (Fsp3) is 0.480. The molecule has 41 heavy (non-hydrogen) atoms. The van der Waals surface area contributed by atoms with Gasteiger partial charge in [-0.1, -0.05) is 19.1 Å². The average molecular weight is 597 g/mol. The van der Waals surface area contributed by atoms with Crippen molar-refractivity contribution in [3.63, 3.8) is 0 Å². The summed E-state index contributed by atoms with van der Waals surface area (Å²) < 4.78 is 69.5. The molecule has 3 atom stereocenters. The van der Waals surface area contributed by atoms with Gasteiger partial charge in [-0.25, -0.2) is 25.1 Å². The van der Waals surface area contributed by atoms with Crippen LogP contribution in [0, 0.1) is 11.3 Å². The van der Waals surface area contributed by atoms with Gasteiger partial charge in [0.25, 0.3) is 0 Å². The average Bonchev–Trinajstić information content (AvgIpc) is 3.32. The summed E-state index contributed by atoms with van der Waals surface area (Å²) in [5.41, 5.74) is 4.85. The number of benzene rings is 1. The van der Waals surface area contributed by atoms with Crippen LogP contribution in [-0.4, -0.2) is 56.3 Å². The minimum atomic E-state index is -4.89. The standard InChI is InChI=1S/C25H32F3N8O4P/c1-5-10-39-23(37)24(3,4)35-41(38,34-20(25(26,27)28)18-8-6-17(11-29)7-9-18)15-40-16(2)12-36-14-33-19-21(30)31-13-32-22(19)36/h6-9,13-14,16,20H,5,10,12,15H2,1-4H3,(H2,30,31,32)(H2,34,35,38)/t16-,20+,41-/m1/s1. The molecule has 0 aliphatic heterocycles. The first-order valence-electron chi connectivity index (χ1n) is 12.6. The van der Waals surface area contributed by atoms with Gasteiger partial charge in [0.05, 0.1) is 37.2 Å². The maximum Gasteiger partial charge on any atom is 0.408 e. The number of ether oxygens (including phenoxy) is 2. The lowest BCUT2D eigenvalue weighted by molar-refractivity contribution is -0.153. The molecule has 1 aromatic carbocycles. The summed E-state index contributed by atoms with van der Waals surface area (Å²) in [6, 6.07) is 4.13. The monoisotopic (exact) mass is 596 g/mol. The van der Waals surface area contributed by atoms with E-state index in [1.807, 2.05) is 6.07 Å². The molecular formula is C25H32F3N8O4P. The van der Waals surface area contributed by atoms with Crippen molar-refractivity contribution in [2.75, 3.05) is 18.7 Å². The highest BCUT2D eigenvalue weighted by molar-refractivity contribution is 7.59. The van der Waals surface area contributed by atoms with Crippen LogP contribution in [0.25, 0.3) is 11.2 Å². The number of fused-ring (bicyclic) bond motifs is 1. The van der Waals surface area contributed by atoms with E-state index in [1.54, 1.807) is 18.4 Å². The summed E-state index contributed by atoms with van der Waals surface area (Å²) in [4.78, 5) is 24.9. The Morgan fingerprint density at radius 3 is 2.51 bits per heavy atom. The van der Waals surface area contributed by atoms with E-state index in [9.17, 15) is 22.5 Å². The number of nitriles is 1. The van der Waals surface area contributed by atoms with Crippen molar-refractivity contribution in [3.05, 3.63) is 48.0 Å². The molecule has 0 saturated carbocycles. The molecule has 0 unspecified atom stereocenters. The largest absolute Gasteiger partial charge is 0.464 e. The Bertz CT molecular complexity index is 1440. The zero-order chi connectivity index (χ0) is 30.4. The lowest BCUT2D eigenvalue weighted by Crippen LogP contribution is -2.50. The third-order valence-corrected chi connectivity index (χ3v) is 7.98. The highest BCUT2D eigenvalue weighted by Gasteiger charge is 2.47. The Balaban J connectivity index is 1.88. The molecule has 4 N–H and O–H groups in total. The Hall–Kier alpha value is -3.57. The molecule has 0 radical (unpaired) electrons. The van der Waals surface area contributed by atoms with Gasteiger partial charge in [-0.05, 0) is 44.9 Å². The fourth-order valence-electron chi connectivity index (χ4n) is 3.86. The first-order valence-corrected chi connectivity index (χ1v) is 14.5. The van der Waals surface area contributed by atoms with Gasteiger partial charge in [0.1, 0.15) is 29.8 Å². The number of nitrogens with two attached hydrogens (primary N) is 1. The molecule has 12 nitrogen and oxygen atoms in total. The van der Waals surface area contributed by atoms with Gasteiger partial charge in [0, 0.05) is 0 Å². The molecule has 0 aliphatic carbocycles. The van der Waals surface area contributed by atoms with Crippen molar-refractivity contribution in [1.82, 2.24) is 29.7 Å². The van der Waals surface area contributed by atoms with Crippen molar-refractivity contribution in [2.45, 2.75) is 64.5 Å². The first kappa shape index (κ1) is 32.0. The van der Waals surface area contributed by atoms with Crippen LogP contribution in [0.3, 0.4) is 0 Å². The van der Waals surface area contributed by atoms with Crippen molar-refractivity contribution in [3.8, 4) is 6.07 Å². The molecule has 0 saturated heterocycles. The van der Waals surface area contributed by atoms with Crippen molar-refractivity contribution >= 4 is 30.4 Å². The number of nitrogens with zero attached hydrogens (tertiary/aromatic N) is 5. The minimum Gasteiger partial charge on any atom is -0.464 e. The zero-order valence-electron chi connectivity index (χ0n) is 23.0. The van der Waals surface area contributed by atoms with Gasteiger partial charge in [-0.15, -0.1) is 0 Å². The second-order valence-electron chi connectivity index (χ2n) is 9.88. The third kappa shape index (κ3) is 8.23. The minimum absolute atomic E-state index is 0.0819. The maximum absolute atomic E-state index is 14.3. The van der Waals surface area contributed by atoms with E-state index in [4.69, 9.17) is 20.5 Å². The smallest absolute Gasteiger partial charge is 0.408 e. The Labute approximate surface area is 234 Å². The van der Waals surface area contributed by atoms with Crippen LogP contribution in [-0.2, 0) is 25.4 Å². The lowest BCUT2D eigenvalue weighted by atomic mass is 10.1. The van der Waals surface area contributed by atoms with Crippen LogP contribution >= 0.6 is 7.44 Å². The topological polar surface area (TPSA) is 170 Å². The second-order valence-corrected chi connectivity index (χ2v) is 12.1. The van der Waals surface area contributed by atoms with Gasteiger partial charge >= 0.3 is 12.1 Å². The number of hydrogen-bond acceptors (Lipinski definition) is 9. The number of aromatic nitrogens is 4. The number of imidazole rings is 1. The number of nitrogen functional groups attached to an aromatic ring is 1. The van der Waals surface area contributed by atoms with E-state index < -0.39 is 43.6 Å². The van der Waals surface area contributed by atoms with Crippen LogP contribution in [0.1, 0.15) is 51.3 Å². The summed E-state index contributed by atoms with van der Waals surface area (Å²) >= 11 is 0. The normalized spacial score (nSPS) is 15.2. The number of nitrogens with one attached hydrogen (secondary N) is 2. The van der Waals surface area contributed by atoms with Crippen molar-refractivity contribution < 1.29 is 32.0 Å². The Kier molecular flexibility index (Phi) is 10.1. The van der Waals surface area contributed by atoms with E-state index in [2.05, 4.69) is 25.1 Å². The number of esters is 1. The molecule has 3 rings (SSSR count). The maximum atomic E-state index is 14.3. The van der Waals surface area contributed by atoms with Crippen LogP contribution in [0.2, 0.25) is 0 Å². The molecule has 3 aromatic rings. The van der Waals surface area contributed by atoms with E-state index in [1.165, 1.54) is 38.6 Å². The number of hydrogen-bond donors (Lipinski definition) is 3. The van der Waals surface area contributed by atoms with E-state index >= 15 is 0 Å². The first-order chi connectivity index (χ1) is 19.2. The fourth-order valence-corrected chi connectivity index (χ4v) is 6.24. The molecule has 2 heterocycles. The predicted octanol–water partition coefficient (Wildman–Crippen LogP) is 4.05. The SMILES string of the molecule is CCCOC(=O)C(C)(C)N[P@@](=O)(CO[C@H](C)Cn1cnc2c(N)ncnc21)N[C@@H](c1ccc(C#N)cc1)C(F)(F)F. The molecule has 16 heteroatoms. The Morgan fingerprint density at radius 2 is 1.90 bits per heavy atom. The quantitative estimate of drug-likeness (QED) is 0.192. The van der Waals surface area contributed by atoms with Gasteiger partial charge < -0.3 is 19.8 Å². The second kappa shape index (κ2) is 12.9. The summed E-state index contributed by atoms with van der Waals surface area (Å²) in [5.74, 6) is -0.614. The number of rotatable bonds is 13. The highest BCUT2D eigenvalue weighted by Crippen LogP contribution is 2.46. The molecule has 0 amide bonds. The van der Waals surface area contributed by atoms with E-state index in [0.29, 0.717) is 17.6 Å². The van der Waals surface area contributed by atoms with Gasteiger partial charge in [0.2, 0.25) is 7.44 Å². The number of carbonyl (C=O) groups excluding carboxylic acids is 1. The van der Waals surface area contributed by atoms with Gasteiger partial charge in [-0.3, -0.25) is 9.36 Å². The van der Waals surface area contributed by atoms with Gasteiger partial charge in [0.15, 0.2) is 11.5 Å². The molecule has 0 aliphatic rings. The van der Waals surface area contributed by atoms with Crippen LogP contribution in [0.4, 0.5) is 19.0 Å². The van der Waals surface area contributed by atoms with Crippen molar-refractivity contribution in [1.29, 1.82) is 5.26 Å². The summed E-state index contributed by atoms with van der Waals surface area (Å²) in [6.45, 7) is 6.35. The van der Waals surface area contributed by atoms with Gasteiger partial charge in [-0.2, -0.15) is 18.4 Å². The third-order valence-electron chi connectivity index (χ3n) is 5.87.